The zero-order valence-electron chi connectivity index (χ0n) is 13.5. The number of hydrogen-bond donors (Lipinski definition) is 0. The molecule has 1 heterocycles. The van der Waals surface area contributed by atoms with Gasteiger partial charge in [0.2, 0.25) is 0 Å². The van der Waals surface area contributed by atoms with Gasteiger partial charge in [0.25, 0.3) is 0 Å². The molecule has 0 atom stereocenters. The molecule has 2 rings (SSSR count). The molecule has 0 amide bonds. The van der Waals surface area contributed by atoms with Crippen molar-refractivity contribution in [2.24, 2.45) is 0 Å². The molecule has 17 heavy (non-hydrogen) atoms. The van der Waals surface area contributed by atoms with Gasteiger partial charge >= 0.3 is 110 Å². The van der Waals surface area contributed by atoms with Crippen molar-refractivity contribution in [3.63, 3.8) is 0 Å². The first-order valence-electron chi connectivity index (χ1n) is 7.25. The fourth-order valence-corrected chi connectivity index (χ4v) is 3.82. The fourth-order valence-electron chi connectivity index (χ4n) is 1.65. The van der Waals surface area contributed by atoms with Gasteiger partial charge in [-0.2, -0.15) is 0 Å². The average molecular weight is 289 g/mol. The molecule has 0 N–H and O–H groups in total. The van der Waals surface area contributed by atoms with Crippen molar-refractivity contribution in [3.05, 3.63) is 48.2 Å². The summed E-state index contributed by atoms with van der Waals surface area (Å²) in [5.41, 5.74) is 2.20. The molecule has 0 aliphatic heterocycles. The number of hydrogen-bond acceptors (Lipinski definition) is 1. The molecule has 88 valence electrons. The van der Waals surface area contributed by atoms with E-state index in [2.05, 4.69) is 28.3 Å². The van der Waals surface area contributed by atoms with Crippen LogP contribution in [0.3, 0.4) is 0 Å². The minimum atomic E-state index is -2.05. The molecule has 0 saturated carbocycles. The van der Waals surface area contributed by atoms with E-state index in [1.54, 1.807) is 12.1 Å². The van der Waals surface area contributed by atoms with Gasteiger partial charge in [-0.1, -0.05) is 0 Å². The number of pyridine rings is 1. The van der Waals surface area contributed by atoms with Crippen molar-refractivity contribution in [2.45, 2.75) is 24.1 Å². The van der Waals surface area contributed by atoms with Crippen LogP contribution in [0.25, 0.3) is 11.3 Å². The van der Waals surface area contributed by atoms with Gasteiger partial charge < -0.3 is 0 Å². The summed E-state index contributed by atoms with van der Waals surface area (Å²) in [6.07, 6.45) is 1.97. The average Bonchev–Trinajstić information content (AvgIpc) is 2.37. The summed E-state index contributed by atoms with van der Waals surface area (Å²) in [5, 5.41) is 0. The molecular formula is C15H19GeN. The molecule has 2 aromatic rings. The second-order valence-electron chi connectivity index (χ2n) is 5.26. The van der Waals surface area contributed by atoms with Crippen LogP contribution in [0, 0.1) is 6.85 Å². The Morgan fingerprint density at radius 1 is 1.00 bits per heavy atom. The summed E-state index contributed by atoms with van der Waals surface area (Å²) >= 11 is -1.82. The predicted molar refractivity (Wildman–Crippen MR) is 77.4 cm³/mol. The quantitative estimate of drug-likeness (QED) is 0.770. The van der Waals surface area contributed by atoms with E-state index in [9.17, 15) is 0 Å². The van der Waals surface area contributed by atoms with Crippen LogP contribution in [0.15, 0.2) is 42.6 Å². The Balaban J connectivity index is 2.29. The Morgan fingerprint density at radius 3 is 2.18 bits per heavy atom. The Bertz CT molecular complexity index is 525. The molecule has 0 aliphatic carbocycles. The molecule has 1 aromatic heterocycles. The minimum absolute atomic E-state index is 0.363. The van der Waals surface area contributed by atoms with E-state index >= 15 is 0 Å². The van der Waals surface area contributed by atoms with E-state index in [-0.39, 0.29) is 0 Å². The first-order valence-corrected chi connectivity index (χ1v) is 13.1. The zero-order valence-corrected chi connectivity index (χ0v) is 12.6. The van der Waals surface area contributed by atoms with Crippen molar-refractivity contribution >= 4 is 17.7 Å². The summed E-state index contributed by atoms with van der Waals surface area (Å²) in [5.74, 6) is 7.01. The van der Waals surface area contributed by atoms with Gasteiger partial charge in [0.15, 0.2) is 0 Å². The molecule has 0 unspecified atom stereocenters. The number of rotatable bonds is 2. The van der Waals surface area contributed by atoms with Crippen LogP contribution in [-0.4, -0.2) is 18.3 Å². The van der Waals surface area contributed by atoms with Crippen LogP contribution in [-0.2, 0) is 0 Å². The van der Waals surface area contributed by atoms with E-state index in [1.807, 2.05) is 24.4 Å². The summed E-state index contributed by atoms with van der Waals surface area (Å²) in [7, 11) is 0. The van der Waals surface area contributed by atoms with Gasteiger partial charge in [0.05, 0.1) is 0 Å². The topological polar surface area (TPSA) is 12.9 Å². The molecule has 0 fully saturated rings. The standard InChI is InChI=1S/C15H19GeN/c1-12-5-7-13(8-6-12)15-10-9-14(11-17-15)16(2,3)4/h5-11H,1-4H3/i1D3. The second kappa shape index (κ2) is 4.65. The Labute approximate surface area is 110 Å². The van der Waals surface area contributed by atoms with Gasteiger partial charge in [-0.05, 0) is 0 Å². The Hall–Kier alpha value is -1.09. The molecule has 1 aromatic carbocycles. The normalized spacial score (nSPS) is 14.9. The molecule has 0 radical (unpaired) electrons. The van der Waals surface area contributed by atoms with Gasteiger partial charge in [-0.25, -0.2) is 0 Å². The van der Waals surface area contributed by atoms with Crippen molar-refractivity contribution < 1.29 is 4.11 Å². The molecule has 0 bridgehead atoms. The van der Waals surface area contributed by atoms with Gasteiger partial charge in [0, 0.05) is 0 Å². The Kier molecular flexibility index (Phi) is 2.44. The molecule has 0 spiro atoms. The van der Waals surface area contributed by atoms with E-state index < -0.39 is 20.1 Å². The van der Waals surface area contributed by atoms with E-state index in [4.69, 9.17) is 4.11 Å². The third-order valence-corrected chi connectivity index (χ3v) is 7.06. The maximum absolute atomic E-state index is 7.37. The van der Waals surface area contributed by atoms with Crippen LogP contribution in [0.4, 0.5) is 0 Å². The number of aryl methyl sites for hydroxylation is 1. The van der Waals surface area contributed by atoms with Crippen LogP contribution in [0.5, 0.6) is 0 Å². The van der Waals surface area contributed by atoms with Crippen molar-refractivity contribution in [3.8, 4) is 11.3 Å². The third kappa shape index (κ3) is 2.97. The monoisotopic (exact) mass is 290 g/mol. The first kappa shape index (κ1) is 8.92. The number of nitrogens with zero attached hydrogens (tertiary/aromatic N) is 1. The summed E-state index contributed by atoms with van der Waals surface area (Å²) in [6, 6.07) is 11.1. The molecule has 1 nitrogen and oxygen atoms in total. The van der Waals surface area contributed by atoms with E-state index in [0.717, 1.165) is 11.3 Å². The van der Waals surface area contributed by atoms with Crippen LogP contribution in [0.2, 0.25) is 17.3 Å². The zero-order chi connectivity index (χ0) is 15.0. The molecular weight excluding hydrogens is 267 g/mol. The summed E-state index contributed by atoms with van der Waals surface area (Å²) in [4.78, 5) is 4.51. The van der Waals surface area contributed by atoms with E-state index in [1.165, 1.54) is 4.40 Å². The molecule has 0 aliphatic rings. The van der Waals surface area contributed by atoms with Gasteiger partial charge in [0.1, 0.15) is 0 Å². The molecule has 0 saturated heterocycles. The van der Waals surface area contributed by atoms with Gasteiger partial charge in [-0.3, -0.25) is 0 Å². The predicted octanol–water partition coefficient (Wildman–Crippen LogP) is 3.60. The van der Waals surface area contributed by atoms with Crippen molar-refractivity contribution in [1.82, 2.24) is 4.98 Å². The van der Waals surface area contributed by atoms with E-state index in [0.29, 0.717) is 5.56 Å². The molecule has 2 heteroatoms. The summed E-state index contributed by atoms with van der Waals surface area (Å²) < 4.78 is 23.5. The number of aromatic nitrogens is 1. The summed E-state index contributed by atoms with van der Waals surface area (Å²) in [6.45, 7) is -2.05. The third-order valence-electron chi connectivity index (χ3n) is 2.81. The van der Waals surface area contributed by atoms with Crippen molar-refractivity contribution in [1.29, 1.82) is 0 Å². The van der Waals surface area contributed by atoms with Crippen molar-refractivity contribution in [2.75, 3.05) is 0 Å². The van der Waals surface area contributed by atoms with Crippen LogP contribution in [0.1, 0.15) is 9.68 Å². The number of benzene rings is 1. The second-order valence-corrected chi connectivity index (χ2v) is 15.9. The SMILES string of the molecule is [2H]C([2H])([2H])c1ccc(-c2cc[c]([Ge]([CH3])([CH3])[CH3])cn2)cc1. The Morgan fingerprint density at radius 2 is 1.71 bits per heavy atom. The van der Waals surface area contributed by atoms with Crippen LogP contribution < -0.4 is 4.40 Å². The van der Waals surface area contributed by atoms with Gasteiger partial charge in [-0.15, -0.1) is 0 Å². The fraction of sp³-hybridized carbons (Fsp3) is 0.267. The maximum atomic E-state index is 7.37. The van der Waals surface area contributed by atoms with Crippen LogP contribution >= 0.6 is 0 Å². The first-order chi connectivity index (χ1) is 9.18.